The minimum absolute atomic E-state index is 0.168. The third-order valence-electron chi connectivity index (χ3n) is 5.53. The van der Waals surface area contributed by atoms with Gasteiger partial charge in [0.1, 0.15) is 0 Å². The van der Waals surface area contributed by atoms with Crippen LogP contribution in [0, 0.1) is 0 Å². The first-order valence-electron chi connectivity index (χ1n) is 9.58. The molecule has 0 N–H and O–H groups in total. The quantitative estimate of drug-likeness (QED) is 0.820. The van der Waals surface area contributed by atoms with Crippen molar-refractivity contribution >= 4 is 17.7 Å². The Balaban J connectivity index is 1.41. The Morgan fingerprint density at radius 1 is 0.846 bits per heavy atom. The van der Waals surface area contributed by atoms with E-state index in [1.54, 1.807) is 0 Å². The number of piperazine rings is 1. The third-order valence-corrected chi connectivity index (χ3v) is 6.57. The largest absolute Gasteiger partial charge is 0.336 e. The average molecular weight is 367 g/mol. The Bertz CT molecular complexity index is 735. The standard InChI is InChI=1S/C22H26N2OS/c25-22(20-8-4-7-19(17-20)18-5-2-1-3-6-18)24-13-11-23(12-14-24)21-9-15-26-16-10-21/h1-8,17,21H,9-16H2. The van der Waals surface area contributed by atoms with Crippen LogP contribution in [0.3, 0.4) is 0 Å². The van der Waals surface area contributed by atoms with Crippen molar-refractivity contribution in [3.8, 4) is 11.1 Å². The van der Waals surface area contributed by atoms with E-state index < -0.39 is 0 Å². The van der Waals surface area contributed by atoms with Crippen LogP contribution in [0.25, 0.3) is 11.1 Å². The predicted molar refractivity (Wildman–Crippen MR) is 110 cm³/mol. The fraction of sp³-hybridized carbons (Fsp3) is 0.409. The van der Waals surface area contributed by atoms with Gasteiger partial charge in [-0.1, -0.05) is 42.5 Å². The van der Waals surface area contributed by atoms with Crippen molar-refractivity contribution < 1.29 is 4.79 Å². The first kappa shape index (κ1) is 17.6. The third kappa shape index (κ3) is 3.97. The van der Waals surface area contributed by atoms with E-state index in [1.807, 2.05) is 41.3 Å². The molecule has 2 aliphatic heterocycles. The van der Waals surface area contributed by atoms with Crippen molar-refractivity contribution in [1.82, 2.24) is 9.80 Å². The summed E-state index contributed by atoms with van der Waals surface area (Å²) in [6.07, 6.45) is 2.61. The highest BCUT2D eigenvalue weighted by Crippen LogP contribution is 2.24. The van der Waals surface area contributed by atoms with E-state index in [2.05, 4.69) is 34.9 Å². The summed E-state index contributed by atoms with van der Waals surface area (Å²) in [7, 11) is 0. The van der Waals surface area contributed by atoms with Gasteiger partial charge in [-0.3, -0.25) is 9.69 Å². The summed E-state index contributed by atoms with van der Waals surface area (Å²) in [6, 6.07) is 19.0. The van der Waals surface area contributed by atoms with Gasteiger partial charge in [0.05, 0.1) is 0 Å². The molecule has 3 nitrogen and oxygen atoms in total. The highest BCUT2D eigenvalue weighted by atomic mass is 32.2. The number of carbonyl (C=O) groups excluding carboxylic acids is 1. The molecule has 4 heteroatoms. The van der Waals surface area contributed by atoms with Gasteiger partial charge >= 0.3 is 0 Å². The number of rotatable bonds is 3. The van der Waals surface area contributed by atoms with E-state index in [9.17, 15) is 4.79 Å². The molecule has 0 saturated carbocycles. The summed E-state index contributed by atoms with van der Waals surface area (Å²) in [5.74, 6) is 2.74. The number of carbonyl (C=O) groups is 1. The number of thioether (sulfide) groups is 1. The lowest BCUT2D eigenvalue weighted by Gasteiger charge is -2.40. The Labute approximate surface area is 160 Å². The Hall–Kier alpha value is -1.78. The van der Waals surface area contributed by atoms with Gasteiger partial charge in [-0.05, 0) is 47.6 Å². The molecule has 0 unspecified atom stereocenters. The van der Waals surface area contributed by atoms with E-state index >= 15 is 0 Å². The van der Waals surface area contributed by atoms with Gasteiger partial charge in [0.15, 0.2) is 0 Å². The Morgan fingerprint density at radius 3 is 2.27 bits per heavy atom. The molecule has 2 aliphatic rings. The fourth-order valence-electron chi connectivity index (χ4n) is 3.99. The van der Waals surface area contributed by atoms with Crippen LogP contribution >= 0.6 is 11.8 Å². The highest BCUT2D eigenvalue weighted by Gasteiger charge is 2.27. The summed E-state index contributed by atoms with van der Waals surface area (Å²) in [6.45, 7) is 3.72. The molecule has 2 fully saturated rings. The summed E-state index contributed by atoms with van der Waals surface area (Å²) in [5, 5.41) is 0. The number of benzene rings is 2. The maximum absolute atomic E-state index is 13.0. The Morgan fingerprint density at radius 2 is 1.54 bits per heavy atom. The molecule has 0 atom stereocenters. The van der Waals surface area contributed by atoms with Gasteiger partial charge in [0, 0.05) is 37.8 Å². The Kier molecular flexibility index (Phi) is 5.61. The van der Waals surface area contributed by atoms with Gasteiger partial charge in [0.25, 0.3) is 5.91 Å². The van der Waals surface area contributed by atoms with E-state index in [0.717, 1.165) is 48.9 Å². The molecule has 1 amide bonds. The minimum atomic E-state index is 0.168. The molecule has 2 heterocycles. The zero-order chi connectivity index (χ0) is 17.8. The summed E-state index contributed by atoms with van der Waals surface area (Å²) >= 11 is 2.07. The van der Waals surface area contributed by atoms with Crippen molar-refractivity contribution in [3.05, 3.63) is 60.2 Å². The fourth-order valence-corrected chi connectivity index (χ4v) is 5.07. The normalized spacial score (nSPS) is 19.5. The lowest BCUT2D eigenvalue weighted by atomic mass is 10.0. The van der Waals surface area contributed by atoms with Gasteiger partial charge < -0.3 is 4.90 Å². The molecule has 2 aromatic carbocycles. The summed E-state index contributed by atoms with van der Waals surface area (Å²) in [4.78, 5) is 17.6. The maximum atomic E-state index is 13.0. The van der Waals surface area contributed by atoms with Crippen molar-refractivity contribution in [2.75, 3.05) is 37.7 Å². The van der Waals surface area contributed by atoms with Crippen LogP contribution in [0.2, 0.25) is 0 Å². The second-order valence-corrected chi connectivity index (χ2v) is 8.34. The lowest BCUT2D eigenvalue weighted by Crippen LogP contribution is -2.52. The predicted octanol–water partition coefficient (Wildman–Crippen LogP) is 4.01. The zero-order valence-corrected chi connectivity index (χ0v) is 16.0. The molecule has 2 aromatic rings. The van der Waals surface area contributed by atoms with Crippen molar-refractivity contribution in [1.29, 1.82) is 0 Å². The van der Waals surface area contributed by atoms with Crippen LogP contribution in [0.4, 0.5) is 0 Å². The number of hydrogen-bond acceptors (Lipinski definition) is 3. The molecule has 2 saturated heterocycles. The van der Waals surface area contributed by atoms with Gasteiger partial charge in [-0.2, -0.15) is 11.8 Å². The van der Waals surface area contributed by atoms with Crippen LogP contribution in [0.15, 0.2) is 54.6 Å². The molecular formula is C22H26N2OS. The number of nitrogens with zero attached hydrogens (tertiary/aromatic N) is 2. The van der Waals surface area contributed by atoms with Crippen LogP contribution < -0.4 is 0 Å². The highest BCUT2D eigenvalue weighted by molar-refractivity contribution is 7.99. The van der Waals surface area contributed by atoms with Gasteiger partial charge in [-0.25, -0.2) is 0 Å². The van der Waals surface area contributed by atoms with E-state index in [4.69, 9.17) is 0 Å². The van der Waals surface area contributed by atoms with Crippen LogP contribution in [-0.4, -0.2) is 59.4 Å². The topological polar surface area (TPSA) is 23.6 Å². The smallest absolute Gasteiger partial charge is 0.253 e. The van der Waals surface area contributed by atoms with Crippen LogP contribution in [-0.2, 0) is 0 Å². The van der Waals surface area contributed by atoms with E-state index in [0.29, 0.717) is 0 Å². The van der Waals surface area contributed by atoms with Crippen molar-refractivity contribution in [2.24, 2.45) is 0 Å². The van der Waals surface area contributed by atoms with Crippen molar-refractivity contribution in [2.45, 2.75) is 18.9 Å². The first-order chi connectivity index (χ1) is 12.8. The summed E-state index contributed by atoms with van der Waals surface area (Å²) in [5.41, 5.74) is 3.06. The first-order valence-corrected chi connectivity index (χ1v) is 10.7. The van der Waals surface area contributed by atoms with Crippen LogP contribution in [0.1, 0.15) is 23.2 Å². The average Bonchev–Trinajstić information content (AvgIpc) is 2.75. The van der Waals surface area contributed by atoms with Crippen LogP contribution in [0.5, 0.6) is 0 Å². The monoisotopic (exact) mass is 366 g/mol. The zero-order valence-electron chi connectivity index (χ0n) is 15.1. The molecule has 136 valence electrons. The molecule has 26 heavy (non-hydrogen) atoms. The molecule has 0 spiro atoms. The molecule has 0 radical (unpaired) electrons. The molecule has 0 bridgehead atoms. The maximum Gasteiger partial charge on any atom is 0.253 e. The number of hydrogen-bond donors (Lipinski definition) is 0. The second-order valence-electron chi connectivity index (χ2n) is 7.12. The van der Waals surface area contributed by atoms with Gasteiger partial charge in [-0.15, -0.1) is 0 Å². The molecule has 0 aliphatic carbocycles. The lowest BCUT2D eigenvalue weighted by molar-refractivity contribution is 0.0559. The number of amides is 1. The minimum Gasteiger partial charge on any atom is -0.336 e. The van der Waals surface area contributed by atoms with Crippen molar-refractivity contribution in [3.63, 3.8) is 0 Å². The second kappa shape index (κ2) is 8.28. The van der Waals surface area contributed by atoms with E-state index in [1.165, 1.54) is 24.3 Å². The van der Waals surface area contributed by atoms with E-state index in [-0.39, 0.29) is 5.91 Å². The molecule has 4 rings (SSSR count). The SMILES string of the molecule is O=C(c1cccc(-c2ccccc2)c1)N1CCN(C2CCSCC2)CC1. The molecular weight excluding hydrogens is 340 g/mol. The molecule has 0 aromatic heterocycles. The van der Waals surface area contributed by atoms with Gasteiger partial charge in [0.2, 0.25) is 0 Å². The summed E-state index contributed by atoms with van der Waals surface area (Å²) < 4.78 is 0.